The van der Waals surface area contributed by atoms with Gasteiger partial charge in [-0.1, -0.05) is 29.4 Å². The van der Waals surface area contributed by atoms with Crippen LogP contribution in [0, 0.1) is 0 Å². The number of rotatable bonds is 8. The molecule has 3 aromatic rings. The molecular formula is C19H17N3O5S. The minimum Gasteiger partial charge on any atom is -0.497 e. The molecular weight excluding hydrogens is 382 g/mol. The van der Waals surface area contributed by atoms with Crippen LogP contribution in [0.4, 0.5) is 0 Å². The summed E-state index contributed by atoms with van der Waals surface area (Å²) in [6.45, 7) is -0.176. The van der Waals surface area contributed by atoms with Gasteiger partial charge in [0.1, 0.15) is 5.75 Å². The number of amides is 1. The molecule has 1 heterocycles. The molecule has 28 heavy (non-hydrogen) atoms. The molecule has 0 saturated heterocycles. The molecule has 0 spiro atoms. The largest absolute Gasteiger partial charge is 0.497 e. The molecule has 3 rings (SSSR count). The summed E-state index contributed by atoms with van der Waals surface area (Å²) in [5.74, 6) is 0.228. The average molecular weight is 399 g/mol. The van der Waals surface area contributed by atoms with Gasteiger partial charge in [-0.05, 0) is 24.3 Å². The molecule has 0 bridgehead atoms. The molecule has 0 aliphatic rings. The minimum absolute atomic E-state index is 0.0673. The summed E-state index contributed by atoms with van der Waals surface area (Å²) in [6.07, 6.45) is 0. The quantitative estimate of drug-likeness (QED) is 0.454. The highest BCUT2D eigenvalue weighted by Crippen LogP contribution is 2.24. The first-order chi connectivity index (χ1) is 13.6. The van der Waals surface area contributed by atoms with Crippen LogP contribution in [0.5, 0.6) is 5.75 Å². The van der Waals surface area contributed by atoms with Crippen LogP contribution in [0.2, 0.25) is 0 Å². The highest BCUT2D eigenvalue weighted by atomic mass is 32.2. The smallest absolute Gasteiger partial charge is 0.339 e. The van der Waals surface area contributed by atoms with Crippen LogP contribution < -0.4 is 10.5 Å². The molecule has 2 N–H and O–H groups in total. The van der Waals surface area contributed by atoms with Gasteiger partial charge in [0.15, 0.2) is 6.61 Å². The number of nitrogens with zero attached hydrogens (tertiary/aromatic N) is 2. The number of methoxy groups -OCH3 is 1. The molecule has 0 unspecified atom stereocenters. The molecule has 9 heteroatoms. The maximum atomic E-state index is 12.4. The number of benzene rings is 2. The van der Waals surface area contributed by atoms with Crippen LogP contribution in [0.1, 0.15) is 16.2 Å². The Kier molecular flexibility index (Phi) is 6.28. The lowest BCUT2D eigenvalue weighted by Gasteiger charge is -2.07. The Labute approximate surface area is 165 Å². The standard InChI is InChI=1S/C19H17N3O5S/c1-25-13-6-4-5-12(9-13)18-21-17(27-22-18)10-26-19(24)14-7-2-3-8-15(14)28-11-16(20)23/h2-9H,10-11H2,1H3,(H2,20,23). The molecule has 0 atom stereocenters. The van der Waals surface area contributed by atoms with Crippen molar-refractivity contribution in [2.24, 2.45) is 5.73 Å². The number of nitrogens with two attached hydrogens (primary N) is 1. The molecule has 0 radical (unpaired) electrons. The fourth-order valence-corrected chi connectivity index (χ4v) is 3.09. The molecule has 1 amide bonds. The Morgan fingerprint density at radius 2 is 2.00 bits per heavy atom. The van der Waals surface area contributed by atoms with E-state index in [1.54, 1.807) is 43.5 Å². The van der Waals surface area contributed by atoms with Crippen molar-refractivity contribution >= 4 is 23.6 Å². The predicted molar refractivity (Wildman–Crippen MR) is 102 cm³/mol. The minimum atomic E-state index is -0.561. The third kappa shape index (κ3) is 4.89. The molecule has 0 aliphatic heterocycles. The van der Waals surface area contributed by atoms with Crippen LogP contribution >= 0.6 is 11.8 Å². The Morgan fingerprint density at radius 3 is 2.79 bits per heavy atom. The van der Waals surface area contributed by atoms with Gasteiger partial charge >= 0.3 is 5.97 Å². The maximum absolute atomic E-state index is 12.4. The van der Waals surface area contributed by atoms with Gasteiger partial charge < -0.3 is 19.7 Å². The zero-order chi connectivity index (χ0) is 19.9. The molecule has 8 nitrogen and oxygen atoms in total. The second kappa shape index (κ2) is 9.05. The van der Waals surface area contributed by atoms with Crippen molar-refractivity contribution in [3.8, 4) is 17.1 Å². The number of thioether (sulfide) groups is 1. The SMILES string of the molecule is COc1cccc(-c2noc(COC(=O)c3ccccc3SCC(N)=O)n2)c1. The fourth-order valence-electron chi connectivity index (χ4n) is 2.31. The topological polar surface area (TPSA) is 118 Å². The molecule has 0 aliphatic carbocycles. The third-order valence-corrected chi connectivity index (χ3v) is 4.70. The van der Waals surface area contributed by atoms with Gasteiger partial charge in [0.05, 0.1) is 18.4 Å². The average Bonchev–Trinajstić information content (AvgIpc) is 3.20. The second-order valence-electron chi connectivity index (χ2n) is 5.57. The Morgan fingerprint density at radius 1 is 1.18 bits per heavy atom. The van der Waals surface area contributed by atoms with Gasteiger partial charge in [-0.15, -0.1) is 11.8 Å². The van der Waals surface area contributed by atoms with E-state index in [9.17, 15) is 9.59 Å². The van der Waals surface area contributed by atoms with E-state index in [4.69, 9.17) is 19.7 Å². The van der Waals surface area contributed by atoms with E-state index >= 15 is 0 Å². The van der Waals surface area contributed by atoms with Crippen LogP contribution in [0.25, 0.3) is 11.4 Å². The van der Waals surface area contributed by atoms with E-state index < -0.39 is 11.9 Å². The summed E-state index contributed by atoms with van der Waals surface area (Å²) in [7, 11) is 1.57. The van der Waals surface area contributed by atoms with E-state index in [0.29, 0.717) is 27.6 Å². The first kappa shape index (κ1) is 19.4. The summed E-state index contributed by atoms with van der Waals surface area (Å²) in [4.78, 5) is 28.2. The zero-order valence-corrected chi connectivity index (χ0v) is 15.8. The van der Waals surface area contributed by atoms with Crippen molar-refractivity contribution < 1.29 is 23.6 Å². The zero-order valence-electron chi connectivity index (χ0n) is 15.0. The Bertz CT molecular complexity index is 989. The molecule has 1 aromatic heterocycles. The first-order valence-corrected chi connectivity index (χ1v) is 9.19. The summed E-state index contributed by atoms with van der Waals surface area (Å²) >= 11 is 1.17. The Balaban J connectivity index is 1.66. The lowest BCUT2D eigenvalue weighted by atomic mass is 10.2. The van der Waals surface area contributed by atoms with Gasteiger partial charge in [0, 0.05) is 10.5 Å². The summed E-state index contributed by atoms with van der Waals surface area (Å²) in [5, 5.41) is 3.89. The number of hydrogen-bond acceptors (Lipinski definition) is 8. The second-order valence-corrected chi connectivity index (χ2v) is 6.59. The number of primary amides is 1. The third-order valence-electron chi connectivity index (χ3n) is 3.60. The highest BCUT2D eigenvalue weighted by molar-refractivity contribution is 8.00. The van der Waals surface area contributed by atoms with Crippen molar-refractivity contribution in [2.45, 2.75) is 11.5 Å². The van der Waals surface area contributed by atoms with Crippen LogP contribution in [0.15, 0.2) is 57.9 Å². The monoisotopic (exact) mass is 399 g/mol. The van der Waals surface area contributed by atoms with Crippen molar-refractivity contribution in [1.29, 1.82) is 0 Å². The number of aromatic nitrogens is 2. The van der Waals surface area contributed by atoms with Crippen LogP contribution in [0.3, 0.4) is 0 Å². The summed E-state index contributed by atoms with van der Waals surface area (Å²) < 4.78 is 15.6. The van der Waals surface area contributed by atoms with Crippen molar-refractivity contribution in [1.82, 2.24) is 10.1 Å². The first-order valence-electron chi connectivity index (χ1n) is 8.21. The van der Waals surface area contributed by atoms with E-state index in [-0.39, 0.29) is 18.3 Å². The number of hydrogen-bond donors (Lipinski definition) is 1. The number of carbonyl (C=O) groups is 2. The lowest BCUT2D eigenvalue weighted by molar-refractivity contribution is -0.115. The van der Waals surface area contributed by atoms with Crippen molar-refractivity contribution in [3.63, 3.8) is 0 Å². The van der Waals surface area contributed by atoms with Crippen molar-refractivity contribution in [2.75, 3.05) is 12.9 Å². The number of esters is 1. The van der Waals surface area contributed by atoms with Crippen LogP contribution in [-0.2, 0) is 16.1 Å². The Hall–Kier alpha value is -3.33. The van der Waals surface area contributed by atoms with Gasteiger partial charge in [0.25, 0.3) is 5.89 Å². The van der Waals surface area contributed by atoms with Gasteiger partial charge in [0.2, 0.25) is 11.7 Å². The predicted octanol–water partition coefficient (Wildman–Crippen LogP) is 2.68. The van der Waals surface area contributed by atoms with Gasteiger partial charge in [-0.25, -0.2) is 4.79 Å². The van der Waals surface area contributed by atoms with Crippen molar-refractivity contribution in [3.05, 3.63) is 60.0 Å². The normalized spacial score (nSPS) is 10.5. The molecule has 144 valence electrons. The molecule has 0 saturated carbocycles. The lowest BCUT2D eigenvalue weighted by Crippen LogP contribution is -2.14. The van der Waals surface area contributed by atoms with Gasteiger partial charge in [-0.3, -0.25) is 4.79 Å². The fraction of sp³-hybridized carbons (Fsp3) is 0.158. The maximum Gasteiger partial charge on any atom is 0.339 e. The number of carbonyl (C=O) groups excluding carboxylic acids is 2. The summed E-state index contributed by atoms with van der Waals surface area (Å²) in [6, 6.07) is 14.0. The van der Waals surface area contributed by atoms with Crippen LogP contribution in [-0.4, -0.2) is 34.9 Å². The van der Waals surface area contributed by atoms with E-state index in [2.05, 4.69) is 10.1 Å². The molecule has 2 aromatic carbocycles. The molecule has 0 fully saturated rings. The number of ether oxygens (including phenoxy) is 2. The van der Waals surface area contributed by atoms with Gasteiger partial charge in [-0.2, -0.15) is 4.98 Å². The van der Waals surface area contributed by atoms with E-state index in [1.165, 1.54) is 11.8 Å². The van der Waals surface area contributed by atoms with E-state index in [0.717, 1.165) is 0 Å². The summed E-state index contributed by atoms with van der Waals surface area (Å²) in [5.41, 5.74) is 6.21. The van der Waals surface area contributed by atoms with E-state index in [1.807, 2.05) is 12.1 Å². The highest BCUT2D eigenvalue weighted by Gasteiger charge is 2.16.